The van der Waals surface area contributed by atoms with Crippen molar-refractivity contribution in [3.8, 4) is 0 Å². The number of methoxy groups -OCH3 is 1. The number of allylic oxidation sites excluding steroid dienone is 1. The Balaban J connectivity index is 2.51. The van der Waals surface area contributed by atoms with Gasteiger partial charge in [0.15, 0.2) is 5.78 Å². The minimum Gasteiger partial charge on any atom is -0.478 e. The second-order valence-corrected chi connectivity index (χ2v) is 7.03. The van der Waals surface area contributed by atoms with E-state index in [1.54, 1.807) is 6.08 Å². The zero-order valence-corrected chi connectivity index (χ0v) is 13.1. The number of carbonyl (C=O) groups is 3. The maximum atomic E-state index is 12.5. The van der Waals surface area contributed by atoms with Crippen LogP contribution >= 0.6 is 0 Å². The summed E-state index contributed by atoms with van der Waals surface area (Å²) in [4.78, 5) is 35.8. The third-order valence-electron chi connectivity index (χ3n) is 5.09. The number of aliphatic carboxylic acids is 1. The number of aliphatic hydroxyl groups is 1. The predicted molar refractivity (Wildman–Crippen MR) is 76.9 cm³/mol. The zero-order chi connectivity index (χ0) is 16.7. The molecule has 1 saturated carbocycles. The van der Waals surface area contributed by atoms with Crippen LogP contribution in [0.15, 0.2) is 11.6 Å². The van der Waals surface area contributed by atoms with Crippen LogP contribution in [0.4, 0.5) is 0 Å². The van der Waals surface area contributed by atoms with Crippen molar-refractivity contribution in [3.63, 3.8) is 0 Å². The van der Waals surface area contributed by atoms with Gasteiger partial charge >= 0.3 is 11.9 Å². The quantitative estimate of drug-likeness (QED) is 0.739. The van der Waals surface area contributed by atoms with Crippen LogP contribution in [0.1, 0.15) is 33.1 Å². The Labute approximate surface area is 129 Å². The van der Waals surface area contributed by atoms with Crippen LogP contribution in [0.25, 0.3) is 0 Å². The predicted octanol–water partition coefficient (Wildman–Crippen LogP) is 1.17. The Morgan fingerprint density at radius 1 is 1.36 bits per heavy atom. The first kappa shape index (κ1) is 16.7. The maximum absolute atomic E-state index is 12.5. The Morgan fingerprint density at radius 2 is 2.00 bits per heavy atom. The number of ketones is 1. The number of ether oxygens (including phenoxy) is 1. The van der Waals surface area contributed by atoms with E-state index < -0.39 is 29.9 Å². The van der Waals surface area contributed by atoms with Crippen LogP contribution in [-0.4, -0.2) is 41.7 Å². The largest absolute Gasteiger partial charge is 0.478 e. The van der Waals surface area contributed by atoms with Crippen LogP contribution in [0.5, 0.6) is 0 Å². The number of fused-ring (bicyclic) bond motifs is 1. The lowest BCUT2D eigenvalue weighted by Crippen LogP contribution is -2.42. The van der Waals surface area contributed by atoms with Gasteiger partial charge in [0, 0.05) is 16.9 Å². The third kappa shape index (κ3) is 2.45. The van der Waals surface area contributed by atoms with Gasteiger partial charge in [0.25, 0.3) is 0 Å². The lowest BCUT2D eigenvalue weighted by Gasteiger charge is -2.35. The maximum Gasteiger partial charge on any atom is 0.331 e. The summed E-state index contributed by atoms with van der Waals surface area (Å²) >= 11 is 0. The molecule has 2 aliphatic rings. The van der Waals surface area contributed by atoms with E-state index >= 15 is 0 Å². The van der Waals surface area contributed by atoms with Gasteiger partial charge in [-0.05, 0) is 24.2 Å². The summed E-state index contributed by atoms with van der Waals surface area (Å²) in [5.41, 5.74) is -1.07. The third-order valence-corrected chi connectivity index (χ3v) is 5.09. The molecule has 2 rings (SSSR count). The first-order chi connectivity index (χ1) is 10.2. The second-order valence-electron chi connectivity index (χ2n) is 7.03. The molecule has 2 N–H and O–H groups in total. The van der Waals surface area contributed by atoms with E-state index in [0.29, 0.717) is 12.8 Å². The summed E-state index contributed by atoms with van der Waals surface area (Å²) in [7, 11) is 1.23. The van der Waals surface area contributed by atoms with Crippen LogP contribution in [-0.2, 0) is 19.1 Å². The lowest BCUT2D eigenvalue weighted by atomic mass is 9.66. The topological polar surface area (TPSA) is 101 Å². The van der Waals surface area contributed by atoms with Crippen LogP contribution in [0.2, 0.25) is 0 Å². The highest BCUT2D eigenvalue weighted by atomic mass is 16.5. The number of esters is 1. The molecular weight excluding hydrogens is 288 g/mol. The van der Waals surface area contributed by atoms with E-state index in [1.165, 1.54) is 7.11 Å². The van der Waals surface area contributed by atoms with E-state index in [-0.39, 0.29) is 29.1 Å². The summed E-state index contributed by atoms with van der Waals surface area (Å²) in [6, 6.07) is 0. The number of aliphatic hydroxyl groups excluding tert-OH is 1. The highest BCUT2D eigenvalue weighted by Crippen LogP contribution is 2.63. The zero-order valence-electron chi connectivity index (χ0n) is 13.1. The normalized spacial score (nSPS) is 32.3. The number of carboxylic acid groups (broad SMARTS) is 1. The van der Waals surface area contributed by atoms with Crippen molar-refractivity contribution in [1.29, 1.82) is 0 Å². The molecular formula is C16H22O6. The Kier molecular flexibility index (Phi) is 4.17. The number of Topliss-reactive ketones (excluding diaryl/α,β-unsaturated/α-hetero) is 1. The number of carboxylic acids is 1. The molecule has 0 radical (unpaired) electrons. The van der Waals surface area contributed by atoms with Crippen LogP contribution in [0.3, 0.4) is 0 Å². The van der Waals surface area contributed by atoms with Gasteiger partial charge in [-0.3, -0.25) is 9.59 Å². The number of hydrogen-bond donors (Lipinski definition) is 2. The van der Waals surface area contributed by atoms with Gasteiger partial charge in [0.2, 0.25) is 0 Å². The van der Waals surface area contributed by atoms with Crippen molar-refractivity contribution in [2.24, 2.45) is 22.7 Å². The van der Waals surface area contributed by atoms with Crippen molar-refractivity contribution < 1.29 is 29.3 Å². The summed E-state index contributed by atoms with van der Waals surface area (Å²) in [5, 5.41) is 18.8. The molecule has 0 aliphatic heterocycles. The van der Waals surface area contributed by atoms with Crippen molar-refractivity contribution in [2.45, 2.75) is 33.1 Å². The molecule has 1 fully saturated rings. The fourth-order valence-corrected chi connectivity index (χ4v) is 4.38. The second kappa shape index (κ2) is 5.50. The highest BCUT2D eigenvalue weighted by molar-refractivity contribution is 5.96. The smallest absolute Gasteiger partial charge is 0.331 e. The van der Waals surface area contributed by atoms with Gasteiger partial charge in [-0.15, -0.1) is 0 Å². The molecule has 6 heteroatoms. The van der Waals surface area contributed by atoms with Crippen LogP contribution in [0, 0.1) is 22.7 Å². The number of carbonyl (C=O) groups excluding carboxylic acids is 2. The lowest BCUT2D eigenvalue weighted by molar-refractivity contribution is -0.145. The van der Waals surface area contributed by atoms with Gasteiger partial charge in [-0.25, -0.2) is 4.79 Å². The average Bonchev–Trinajstić information content (AvgIpc) is 2.87. The fourth-order valence-electron chi connectivity index (χ4n) is 4.38. The SMILES string of the molecule is COC(=O)C[C@@H]1C(C(=O)O)=C[C@H]2CC(C)(C)C[C@]12C(=O)CO. The molecule has 0 saturated heterocycles. The van der Waals surface area contributed by atoms with Crippen molar-refractivity contribution in [2.75, 3.05) is 13.7 Å². The summed E-state index contributed by atoms with van der Waals surface area (Å²) in [6.07, 6.45) is 2.57. The van der Waals surface area contributed by atoms with E-state index in [1.807, 2.05) is 13.8 Å². The van der Waals surface area contributed by atoms with E-state index in [2.05, 4.69) is 4.74 Å². The Hall–Kier alpha value is -1.69. The molecule has 3 atom stereocenters. The van der Waals surface area contributed by atoms with Crippen LogP contribution < -0.4 is 0 Å². The molecule has 6 nitrogen and oxygen atoms in total. The molecule has 0 aromatic rings. The summed E-state index contributed by atoms with van der Waals surface area (Å²) in [6.45, 7) is 3.38. The molecule has 0 heterocycles. The van der Waals surface area contributed by atoms with Gasteiger partial charge in [0.1, 0.15) is 6.61 Å². The van der Waals surface area contributed by atoms with Gasteiger partial charge in [0.05, 0.1) is 13.5 Å². The van der Waals surface area contributed by atoms with Gasteiger partial charge in [-0.2, -0.15) is 0 Å². The van der Waals surface area contributed by atoms with E-state index in [4.69, 9.17) is 0 Å². The van der Waals surface area contributed by atoms with Crippen molar-refractivity contribution >= 4 is 17.7 Å². The molecule has 0 aromatic carbocycles. The Bertz CT molecular complexity index is 547. The summed E-state index contributed by atoms with van der Waals surface area (Å²) in [5.74, 6) is -3.06. The molecule has 0 unspecified atom stereocenters. The molecule has 2 aliphatic carbocycles. The standard InChI is InChI=1S/C16H22O6/c1-15(2)6-9-4-10(14(20)21)11(5-13(19)22-3)16(9,8-15)12(18)7-17/h4,9,11,17H,5-8H2,1-3H3,(H,20,21)/t9-,11+,16+/m0/s1. The van der Waals surface area contributed by atoms with E-state index in [0.717, 1.165) is 0 Å². The van der Waals surface area contributed by atoms with Gasteiger partial charge < -0.3 is 14.9 Å². The Morgan fingerprint density at radius 3 is 2.50 bits per heavy atom. The first-order valence-corrected chi connectivity index (χ1v) is 7.34. The molecule has 22 heavy (non-hydrogen) atoms. The molecule has 0 bridgehead atoms. The summed E-state index contributed by atoms with van der Waals surface area (Å²) < 4.78 is 4.67. The molecule has 0 spiro atoms. The fraction of sp³-hybridized carbons (Fsp3) is 0.688. The number of hydrogen-bond acceptors (Lipinski definition) is 5. The monoisotopic (exact) mass is 310 g/mol. The minimum atomic E-state index is -1.12. The molecule has 122 valence electrons. The number of rotatable bonds is 5. The van der Waals surface area contributed by atoms with Gasteiger partial charge in [-0.1, -0.05) is 19.9 Å². The minimum absolute atomic E-state index is 0.0905. The average molecular weight is 310 g/mol. The first-order valence-electron chi connectivity index (χ1n) is 7.34. The van der Waals surface area contributed by atoms with Crippen molar-refractivity contribution in [1.82, 2.24) is 0 Å². The highest BCUT2D eigenvalue weighted by Gasteiger charge is 2.62. The molecule has 0 aromatic heterocycles. The molecule has 0 amide bonds. The van der Waals surface area contributed by atoms with Crippen molar-refractivity contribution in [3.05, 3.63) is 11.6 Å². The van der Waals surface area contributed by atoms with E-state index in [9.17, 15) is 24.6 Å².